The Labute approximate surface area is 117 Å². The maximum atomic E-state index is 12.2. The molecule has 0 bridgehead atoms. The molecule has 0 saturated carbocycles. The minimum absolute atomic E-state index is 0.305. The van der Waals surface area contributed by atoms with Crippen molar-refractivity contribution in [1.29, 1.82) is 0 Å². The standard InChI is InChI=1S/C17H18O3/c1-9(2)17(5)8-13-15(20-17)12-6-10(3)11(4)7-14(12)19-16(13)18/h6-7H,1,8H2,2-5H3. The fourth-order valence-corrected chi connectivity index (χ4v) is 2.57. The summed E-state index contributed by atoms with van der Waals surface area (Å²) in [5.41, 5.74) is 3.53. The van der Waals surface area contributed by atoms with Crippen LogP contribution in [0.2, 0.25) is 0 Å². The second kappa shape index (κ2) is 3.98. The van der Waals surface area contributed by atoms with Gasteiger partial charge in [-0.2, -0.15) is 0 Å². The van der Waals surface area contributed by atoms with E-state index >= 15 is 0 Å². The first-order valence-corrected chi connectivity index (χ1v) is 6.74. The van der Waals surface area contributed by atoms with Gasteiger partial charge in [0.05, 0.1) is 10.9 Å². The van der Waals surface area contributed by atoms with E-state index in [0.717, 1.165) is 22.1 Å². The fraction of sp³-hybridized carbons (Fsp3) is 0.353. The van der Waals surface area contributed by atoms with Crippen molar-refractivity contribution in [3.8, 4) is 5.75 Å². The highest BCUT2D eigenvalue weighted by Crippen LogP contribution is 2.41. The molecule has 1 atom stereocenters. The average Bonchev–Trinajstić information content (AvgIpc) is 2.73. The SMILES string of the molecule is C=C(C)C1(C)Cc2c(c3cc(C)c(C)cc3oc2=O)O1. The number of hydrogen-bond acceptors (Lipinski definition) is 3. The van der Waals surface area contributed by atoms with Crippen molar-refractivity contribution in [3.63, 3.8) is 0 Å². The van der Waals surface area contributed by atoms with Gasteiger partial charge in [-0.15, -0.1) is 0 Å². The Bertz CT molecular complexity index is 798. The molecule has 3 heteroatoms. The molecule has 2 aromatic rings. The molecule has 0 spiro atoms. The van der Waals surface area contributed by atoms with E-state index in [1.807, 2.05) is 39.8 Å². The van der Waals surface area contributed by atoms with Crippen LogP contribution in [-0.2, 0) is 6.42 Å². The van der Waals surface area contributed by atoms with Gasteiger partial charge in [0.25, 0.3) is 0 Å². The first-order valence-electron chi connectivity index (χ1n) is 6.74. The van der Waals surface area contributed by atoms with Crippen LogP contribution < -0.4 is 10.4 Å². The van der Waals surface area contributed by atoms with Gasteiger partial charge in [0.2, 0.25) is 0 Å². The summed E-state index contributed by atoms with van der Waals surface area (Å²) in [6.45, 7) is 11.9. The van der Waals surface area contributed by atoms with Gasteiger partial charge in [-0.05, 0) is 56.5 Å². The molecule has 20 heavy (non-hydrogen) atoms. The van der Waals surface area contributed by atoms with Crippen molar-refractivity contribution in [3.05, 3.63) is 51.4 Å². The maximum Gasteiger partial charge on any atom is 0.343 e. The lowest BCUT2D eigenvalue weighted by molar-refractivity contribution is 0.159. The van der Waals surface area contributed by atoms with Gasteiger partial charge in [-0.3, -0.25) is 0 Å². The molecule has 1 aromatic heterocycles. The summed E-state index contributed by atoms with van der Waals surface area (Å²) < 4.78 is 11.5. The van der Waals surface area contributed by atoms with Crippen LogP contribution in [0.3, 0.4) is 0 Å². The van der Waals surface area contributed by atoms with Gasteiger partial charge >= 0.3 is 5.63 Å². The van der Waals surface area contributed by atoms with E-state index in [0.29, 0.717) is 23.3 Å². The van der Waals surface area contributed by atoms with E-state index in [4.69, 9.17) is 9.15 Å². The molecule has 1 aliphatic heterocycles. The molecular formula is C17H18O3. The van der Waals surface area contributed by atoms with Crippen LogP contribution >= 0.6 is 0 Å². The number of ether oxygens (including phenoxy) is 1. The van der Waals surface area contributed by atoms with Crippen molar-refractivity contribution in [1.82, 2.24) is 0 Å². The highest BCUT2D eigenvalue weighted by atomic mass is 16.5. The fourth-order valence-electron chi connectivity index (χ4n) is 2.57. The van der Waals surface area contributed by atoms with Gasteiger partial charge in [-0.25, -0.2) is 4.79 Å². The minimum atomic E-state index is -0.524. The van der Waals surface area contributed by atoms with E-state index in [-0.39, 0.29) is 5.63 Å². The minimum Gasteiger partial charge on any atom is -0.482 e. The smallest absolute Gasteiger partial charge is 0.343 e. The van der Waals surface area contributed by atoms with E-state index in [1.165, 1.54) is 0 Å². The first-order chi connectivity index (χ1) is 9.32. The molecule has 0 radical (unpaired) electrons. The van der Waals surface area contributed by atoms with Crippen molar-refractivity contribution in [2.24, 2.45) is 0 Å². The number of rotatable bonds is 1. The molecule has 3 rings (SSSR count). The molecule has 104 valence electrons. The van der Waals surface area contributed by atoms with E-state index in [2.05, 4.69) is 6.58 Å². The summed E-state index contributed by atoms with van der Waals surface area (Å²) in [6.07, 6.45) is 0.517. The van der Waals surface area contributed by atoms with E-state index < -0.39 is 5.60 Å². The Kier molecular flexibility index (Phi) is 2.58. The van der Waals surface area contributed by atoms with Gasteiger partial charge in [-0.1, -0.05) is 6.58 Å². The molecule has 1 aromatic carbocycles. The topological polar surface area (TPSA) is 39.4 Å². The average molecular weight is 270 g/mol. The van der Waals surface area contributed by atoms with Gasteiger partial charge < -0.3 is 9.15 Å². The number of fused-ring (bicyclic) bond motifs is 3. The summed E-state index contributed by atoms with van der Waals surface area (Å²) in [5.74, 6) is 0.657. The summed E-state index contributed by atoms with van der Waals surface area (Å²) in [6, 6.07) is 3.92. The van der Waals surface area contributed by atoms with Gasteiger partial charge in [0.1, 0.15) is 16.9 Å². The van der Waals surface area contributed by atoms with Crippen LogP contribution in [0.25, 0.3) is 11.0 Å². The Morgan fingerprint density at radius 3 is 2.60 bits per heavy atom. The zero-order valence-electron chi connectivity index (χ0n) is 12.3. The third-order valence-electron chi connectivity index (χ3n) is 4.31. The zero-order valence-corrected chi connectivity index (χ0v) is 12.3. The molecule has 0 saturated heterocycles. The second-order valence-corrected chi connectivity index (χ2v) is 5.92. The molecule has 0 aliphatic carbocycles. The van der Waals surface area contributed by atoms with Crippen LogP contribution in [-0.4, -0.2) is 5.60 Å². The summed E-state index contributed by atoms with van der Waals surface area (Å²) in [7, 11) is 0. The summed E-state index contributed by atoms with van der Waals surface area (Å²) in [4.78, 5) is 12.2. The van der Waals surface area contributed by atoms with Crippen LogP contribution in [0.4, 0.5) is 0 Å². The number of benzene rings is 1. The number of hydrogen-bond donors (Lipinski definition) is 0. The monoisotopic (exact) mass is 270 g/mol. The van der Waals surface area contributed by atoms with E-state index in [1.54, 1.807) is 0 Å². The molecule has 1 aliphatic rings. The summed E-state index contributed by atoms with van der Waals surface area (Å²) >= 11 is 0. The Morgan fingerprint density at radius 2 is 1.95 bits per heavy atom. The quantitative estimate of drug-likeness (QED) is 0.586. The van der Waals surface area contributed by atoms with Crippen molar-refractivity contribution >= 4 is 11.0 Å². The normalized spacial score (nSPS) is 20.8. The van der Waals surface area contributed by atoms with Gasteiger partial charge in [0.15, 0.2) is 0 Å². The molecule has 2 heterocycles. The van der Waals surface area contributed by atoms with Crippen LogP contribution in [0, 0.1) is 13.8 Å². The largest absolute Gasteiger partial charge is 0.482 e. The van der Waals surface area contributed by atoms with Crippen LogP contribution in [0.15, 0.2) is 33.5 Å². The highest BCUT2D eigenvalue weighted by Gasteiger charge is 2.39. The molecule has 1 unspecified atom stereocenters. The Hall–Kier alpha value is -2.03. The maximum absolute atomic E-state index is 12.2. The van der Waals surface area contributed by atoms with Crippen molar-refractivity contribution < 1.29 is 9.15 Å². The Morgan fingerprint density at radius 1 is 1.30 bits per heavy atom. The third kappa shape index (κ3) is 1.69. The Balaban J connectivity index is 2.33. The lowest BCUT2D eigenvalue weighted by atomic mass is 9.93. The second-order valence-electron chi connectivity index (χ2n) is 5.92. The first kappa shape index (κ1) is 13.0. The van der Waals surface area contributed by atoms with Crippen molar-refractivity contribution in [2.75, 3.05) is 0 Å². The lowest BCUT2D eigenvalue weighted by Gasteiger charge is -2.24. The summed E-state index contributed by atoms with van der Waals surface area (Å²) in [5, 5.41) is 0.868. The van der Waals surface area contributed by atoms with Crippen molar-refractivity contribution in [2.45, 2.75) is 39.7 Å². The zero-order chi connectivity index (χ0) is 14.7. The third-order valence-corrected chi connectivity index (χ3v) is 4.31. The highest BCUT2D eigenvalue weighted by molar-refractivity contribution is 5.86. The predicted molar refractivity (Wildman–Crippen MR) is 79.5 cm³/mol. The molecule has 0 N–H and O–H groups in total. The molecule has 3 nitrogen and oxygen atoms in total. The predicted octanol–water partition coefficient (Wildman–Crippen LogP) is 3.68. The molecule has 0 amide bonds. The number of aryl methyl sites for hydroxylation is 2. The van der Waals surface area contributed by atoms with E-state index in [9.17, 15) is 4.79 Å². The molecule has 0 fully saturated rings. The van der Waals surface area contributed by atoms with Crippen LogP contribution in [0.5, 0.6) is 5.75 Å². The van der Waals surface area contributed by atoms with Crippen LogP contribution in [0.1, 0.15) is 30.5 Å². The lowest BCUT2D eigenvalue weighted by Crippen LogP contribution is -2.31. The van der Waals surface area contributed by atoms with Gasteiger partial charge in [0, 0.05) is 6.42 Å². The molecular weight excluding hydrogens is 252 g/mol.